The van der Waals surface area contributed by atoms with Crippen LogP contribution in [-0.2, 0) is 19.9 Å². The predicted molar refractivity (Wildman–Crippen MR) is 122 cm³/mol. The van der Waals surface area contributed by atoms with Gasteiger partial charge in [0.1, 0.15) is 0 Å². The van der Waals surface area contributed by atoms with Gasteiger partial charge in [-0.15, -0.1) is 12.4 Å². The van der Waals surface area contributed by atoms with Crippen molar-refractivity contribution in [2.24, 2.45) is 16.5 Å². The molecule has 0 aromatic heterocycles. The Labute approximate surface area is 187 Å². The van der Waals surface area contributed by atoms with E-state index >= 15 is 0 Å². The van der Waals surface area contributed by atoms with E-state index in [1.165, 1.54) is 6.07 Å². The number of nitrogens with zero attached hydrogens (tertiary/aromatic N) is 2. The fourth-order valence-electron chi connectivity index (χ4n) is 3.46. The van der Waals surface area contributed by atoms with Gasteiger partial charge in [-0.05, 0) is 30.2 Å². The van der Waals surface area contributed by atoms with Crippen molar-refractivity contribution < 1.29 is 21.6 Å². The molecule has 1 aliphatic heterocycles. The number of hydrogen-bond donors (Lipinski definition) is 2. The average molecular weight is 487 g/mol. The van der Waals surface area contributed by atoms with Crippen LogP contribution in [0.3, 0.4) is 0 Å². The van der Waals surface area contributed by atoms with E-state index in [0.29, 0.717) is 5.56 Å². The van der Waals surface area contributed by atoms with Crippen LogP contribution in [0.5, 0.6) is 0 Å². The minimum atomic E-state index is -3.87. The van der Waals surface area contributed by atoms with Crippen LogP contribution in [0.25, 0.3) is 0 Å². The maximum absolute atomic E-state index is 12.9. The molecule has 12 heteroatoms. The van der Waals surface area contributed by atoms with Gasteiger partial charge >= 0.3 is 0 Å². The van der Waals surface area contributed by atoms with Crippen molar-refractivity contribution in [1.29, 1.82) is 0 Å². The molecule has 1 amide bonds. The lowest BCUT2D eigenvalue weighted by atomic mass is 10.0. The third kappa shape index (κ3) is 5.17. The molecule has 1 fully saturated rings. The van der Waals surface area contributed by atoms with Gasteiger partial charge < -0.3 is 11.5 Å². The summed E-state index contributed by atoms with van der Waals surface area (Å²) in [7, 11) is -7.65. The summed E-state index contributed by atoms with van der Waals surface area (Å²) in [5, 5.41) is 0. The molecule has 0 aliphatic carbocycles. The lowest BCUT2D eigenvalue weighted by Gasteiger charge is -2.22. The molecular weight excluding hydrogens is 464 g/mol. The predicted octanol–water partition coefficient (Wildman–Crippen LogP) is 1.17. The zero-order valence-electron chi connectivity index (χ0n) is 16.8. The summed E-state index contributed by atoms with van der Waals surface area (Å²) in [6.45, 7) is 1.65. The summed E-state index contributed by atoms with van der Waals surface area (Å²) in [6.07, 6.45) is 0.952. The first-order valence-corrected chi connectivity index (χ1v) is 12.4. The first kappa shape index (κ1) is 24.6. The number of halogens is 1. The number of carbonyl (C=O) groups is 1. The Hall–Kier alpha value is -2.63. The molecule has 9 nitrogen and oxygen atoms in total. The van der Waals surface area contributed by atoms with Crippen molar-refractivity contribution in [2.45, 2.75) is 17.7 Å². The Balaban J connectivity index is 0.00000341. The number of sulfone groups is 1. The number of amides is 1. The van der Waals surface area contributed by atoms with Crippen molar-refractivity contribution in [3.8, 4) is 0 Å². The molecule has 0 radical (unpaired) electrons. The molecule has 1 heterocycles. The molecule has 0 spiro atoms. The Morgan fingerprint density at radius 3 is 2.32 bits per heavy atom. The minimum Gasteiger partial charge on any atom is -0.370 e. The first-order valence-electron chi connectivity index (χ1n) is 8.94. The van der Waals surface area contributed by atoms with Crippen molar-refractivity contribution in [3.63, 3.8) is 0 Å². The monoisotopic (exact) mass is 486 g/mol. The van der Waals surface area contributed by atoms with Gasteiger partial charge in [0.05, 0.1) is 16.3 Å². The SMILES string of the molecule is Cc1cc(N2CC(c3ccccc3)CS2(=O)=O)c(S(C)(=O)=O)cc1C(=O)N=C(N)N.Cl. The van der Waals surface area contributed by atoms with E-state index in [1.54, 1.807) is 6.92 Å². The number of rotatable bonds is 4. The summed E-state index contributed by atoms with van der Waals surface area (Å²) in [6, 6.07) is 11.6. The Morgan fingerprint density at radius 1 is 1.16 bits per heavy atom. The highest BCUT2D eigenvalue weighted by Gasteiger charge is 2.39. The van der Waals surface area contributed by atoms with Crippen LogP contribution in [0.1, 0.15) is 27.4 Å². The van der Waals surface area contributed by atoms with Crippen LogP contribution in [0.15, 0.2) is 52.4 Å². The van der Waals surface area contributed by atoms with Crippen LogP contribution < -0.4 is 15.8 Å². The zero-order valence-corrected chi connectivity index (χ0v) is 19.3. The fourth-order valence-corrected chi connectivity index (χ4v) is 6.24. The molecule has 168 valence electrons. The third-order valence-corrected chi connectivity index (χ3v) is 7.81. The number of carbonyl (C=O) groups excluding carboxylic acids is 1. The summed E-state index contributed by atoms with van der Waals surface area (Å²) in [5.74, 6) is -1.73. The quantitative estimate of drug-likeness (QED) is 0.485. The topological polar surface area (TPSA) is 153 Å². The number of aryl methyl sites for hydroxylation is 1. The Bertz CT molecular complexity index is 1240. The second kappa shape index (κ2) is 8.85. The molecular formula is C19H23ClN4O5S2. The van der Waals surface area contributed by atoms with Gasteiger partial charge in [-0.25, -0.2) is 16.8 Å². The fraction of sp³-hybridized carbons (Fsp3) is 0.263. The van der Waals surface area contributed by atoms with Gasteiger partial charge in [0.15, 0.2) is 15.8 Å². The van der Waals surface area contributed by atoms with E-state index in [-0.39, 0.29) is 46.8 Å². The summed E-state index contributed by atoms with van der Waals surface area (Å²) in [5.41, 5.74) is 11.7. The second-order valence-electron chi connectivity index (χ2n) is 7.17. The van der Waals surface area contributed by atoms with E-state index in [4.69, 9.17) is 11.5 Å². The number of benzene rings is 2. The van der Waals surface area contributed by atoms with Crippen molar-refractivity contribution in [2.75, 3.05) is 22.9 Å². The highest BCUT2D eigenvalue weighted by Crippen LogP contribution is 2.37. The molecule has 0 saturated carbocycles. The van der Waals surface area contributed by atoms with Gasteiger partial charge in [0.2, 0.25) is 10.0 Å². The van der Waals surface area contributed by atoms with E-state index in [0.717, 1.165) is 22.2 Å². The number of aliphatic imine (C=N–C) groups is 1. The second-order valence-corrected chi connectivity index (χ2v) is 11.1. The smallest absolute Gasteiger partial charge is 0.280 e. The number of anilines is 1. The van der Waals surface area contributed by atoms with Crippen LogP contribution in [0.4, 0.5) is 5.69 Å². The molecule has 1 aliphatic rings. The van der Waals surface area contributed by atoms with E-state index in [1.807, 2.05) is 30.3 Å². The molecule has 3 rings (SSSR count). The van der Waals surface area contributed by atoms with Gasteiger partial charge in [-0.1, -0.05) is 30.3 Å². The summed E-state index contributed by atoms with van der Waals surface area (Å²) >= 11 is 0. The van der Waals surface area contributed by atoms with Gasteiger partial charge in [-0.2, -0.15) is 4.99 Å². The number of hydrogen-bond acceptors (Lipinski definition) is 5. The highest BCUT2D eigenvalue weighted by atomic mass is 35.5. The minimum absolute atomic E-state index is 0. The lowest BCUT2D eigenvalue weighted by Crippen LogP contribution is -2.27. The molecule has 4 N–H and O–H groups in total. The highest BCUT2D eigenvalue weighted by molar-refractivity contribution is 7.93. The molecule has 2 aromatic rings. The third-order valence-electron chi connectivity index (χ3n) is 4.84. The molecule has 31 heavy (non-hydrogen) atoms. The number of sulfonamides is 1. The zero-order chi connectivity index (χ0) is 22.3. The molecule has 1 saturated heterocycles. The average Bonchev–Trinajstić information content (AvgIpc) is 2.95. The maximum Gasteiger partial charge on any atom is 0.280 e. The summed E-state index contributed by atoms with van der Waals surface area (Å²) < 4.78 is 51.8. The van der Waals surface area contributed by atoms with Crippen molar-refractivity contribution in [1.82, 2.24) is 0 Å². The van der Waals surface area contributed by atoms with Crippen LogP contribution in [0.2, 0.25) is 0 Å². The van der Waals surface area contributed by atoms with Crippen LogP contribution in [-0.4, -0.2) is 47.3 Å². The molecule has 0 bridgehead atoms. The van der Waals surface area contributed by atoms with Gasteiger partial charge in [0.25, 0.3) is 5.91 Å². The molecule has 2 aromatic carbocycles. The molecule has 1 unspecified atom stereocenters. The van der Waals surface area contributed by atoms with Crippen LogP contribution in [0, 0.1) is 6.92 Å². The molecule has 1 atom stereocenters. The first-order chi connectivity index (χ1) is 13.9. The van der Waals surface area contributed by atoms with Gasteiger partial charge in [0, 0.05) is 24.3 Å². The van der Waals surface area contributed by atoms with E-state index in [2.05, 4.69) is 4.99 Å². The Kier molecular flexibility index (Phi) is 7.03. The summed E-state index contributed by atoms with van der Waals surface area (Å²) in [4.78, 5) is 15.4. The number of guanidine groups is 1. The maximum atomic E-state index is 12.9. The standard InChI is InChI=1S/C19H22N4O5S2.ClH/c1-12-8-16(17(29(2,25)26)9-15(12)18(24)22-19(20)21)23-10-14(11-30(23,27)28)13-6-4-3-5-7-13;/h3-9,14H,10-11H2,1-2H3,(H4,20,21,22,24);1H. The number of nitrogens with two attached hydrogens (primary N) is 2. The Morgan fingerprint density at radius 2 is 1.77 bits per heavy atom. The van der Waals surface area contributed by atoms with Crippen molar-refractivity contribution >= 4 is 49.8 Å². The normalized spacial score (nSPS) is 17.6. The van der Waals surface area contributed by atoms with E-state index < -0.39 is 31.7 Å². The van der Waals surface area contributed by atoms with Crippen LogP contribution >= 0.6 is 12.4 Å². The lowest BCUT2D eigenvalue weighted by molar-refractivity contribution is 0.100. The van der Waals surface area contributed by atoms with Gasteiger partial charge in [-0.3, -0.25) is 9.10 Å². The van der Waals surface area contributed by atoms with Crippen molar-refractivity contribution in [3.05, 3.63) is 59.2 Å². The van der Waals surface area contributed by atoms with E-state index in [9.17, 15) is 21.6 Å². The largest absolute Gasteiger partial charge is 0.370 e.